The number of anilines is 1. The van der Waals surface area contributed by atoms with Gasteiger partial charge in [0.1, 0.15) is 5.69 Å². The number of hydrogen-bond donors (Lipinski definition) is 1. The van der Waals surface area contributed by atoms with Gasteiger partial charge in [0.15, 0.2) is 5.13 Å². The van der Waals surface area contributed by atoms with Crippen molar-refractivity contribution < 1.29 is 9.53 Å². The lowest BCUT2D eigenvalue weighted by Crippen LogP contribution is -2.27. The Morgan fingerprint density at radius 2 is 1.90 bits per heavy atom. The first-order valence-corrected chi connectivity index (χ1v) is 10.1. The summed E-state index contributed by atoms with van der Waals surface area (Å²) >= 11 is 1.34. The van der Waals surface area contributed by atoms with Crippen LogP contribution in [0.25, 0.3) is 11.3 Å². The van der Waals surface area contributed by atoms with Crippen molar-refractivity contribution in [1.82, 2.24) is 14.8 Å². The highest BCUT2D eigenvalue weighted by atomic mass is 32.1. The van der Waals surface area contributed by atoms with Crippen molar-refractivity contribution in [3.05, 3.63) is 63.4 Å². The van der Waals surface area contributed by atoms with Crippen LogP contribution in [0.2, 0.25) is 0 Å². The molecular weight excluding hydrogens is 388 g/mol. The minimum atomic E-state index is -0.417. The summed E-state index contributed by atoms with van der Waals surface area (Å²) in [5.41, 5.74) is 2.98. The van der Waals surface area contributed by atoms with E-state index in [1.807, 2.05) is 17.5 Å². The Hall–Kier alpha value is -2.84. The molecule has 1 N–H and O–H groups in total. The van der Waals surface area contributed by atoms with E-state index >= 15 is 0 Å². The fourth-order valence-electron chi connectivity index (χ4n) is 2.67. The molecule has 29 heavy (non-hydrogen) atoms. The van der Waals surface area contributed by atoms with Gasteiger partial charge in [-0.05, 0) is 17.0 Å². The number of carbonyl (C=O) groups is 1. The largest absolute Gasteiger partial charge is 0.383 e. The lowest BCUT2D eigenvalue weighted by atomic mass is 9.86. The molecule has 3 aromatic rings. The lowest BCUT2D eigenvalue weighted by molar-refractivity contribution is 0.101. The number of hydrogen-bond acceptors (Lipinski definition) is 6. The van der Waals surface area contributed by atoms with E-state index in [1.165, 1.54) is 40.8 Å². The summed E-state index contributed by atoms with van der Waals surface area (Å²) in [6.45, 7) is 7.13. The summed E-state index contributed by atoms with van der Waals surface area (Å²) in [6, 6.07) is 11.0. The minimum absolute atomic E-state index is 0.0898. The van der Waals surface area contributed by atoms with Crippen molar-refractivity contribution in [3.63, 3.8) is 0 Å². The third kappa shape index (κ3) is 5.16. The van der Waals surface area contributed by atoms with Crippen LogP contribution in [0.1, 0.15) is 36.8 Å². The molecule has 0 bridgehead atoms. The molecule has 0 saturated carbocycles. The number of methoxy groups -OCH3 is 1. The van der Waals surface area contributed by atoms with Gasteiger partial charge in [-0.3, -0.25) is 14.9 Å². The summed E-state index contributed by atoms with van der Waals surface area (Å²) in [5, 5.41) is 9.21. The van der Waals surface area contributed by atoms with Crippen LogP contribution >= 0.6 is 11.3 Å². The molecule has 2 aromatic heterocycles. The first-order chi connectivity index (χ1) is 13.8. The zero-order chi connectivity index (χ0) is 21.0. The lowest BCUT2D eigenvalue weighted by Gasteiger charge is -2.18. The highest BCUT2D eigenvalue weighted by Gasteiger charge is 2.15. The minimum Gasteiger partial charge on any atom is -0.383 e. The van der Waals surface area contributed by atoms with E-state index in [0.717, 1.165) is 11.3 Å². The van der Waals surface area contributed by atoms with E-state index in [2.05, 4.69) is 48.3 Å². The Kier molecular flexibility index (Phi) is 6.24. The number of nitrogens with zero attached hydrogens (tertiary/aromatic N) is 3. The number of amides is 1. The molecule has 0 atom stereocenters. The van der Waals surface area contributed by atoms with E-state index in [0.29, 0.717) is 11.7 Å². The maximum absolute atomic E-state index is 12.5. The molecule has 8 heteroatoms. The highest BCUT2D eigenvalue weighted by Crippen LogP contribution is 2.28. The Bertz CT molecular complexity index is 1050. The third-order valence-corrected chi connectivity index (χ3v) is 5.14. The summed E-state index contributed by atoms with van der Waals surface area (Å²) in [4.78, 5) is 28.8. The number of carbonyl (C=O) groups excluding carboxylic acids is 1. The van der Waals surface area contributed by atoms with Gasteiger partial charge in [-0.25, -0.2) is 9.67 Å². The first-order valence-electron chi connectivity index (χ1n) is 9.23. The highest BCUT2D eigenvalue weighted by molar-refractivity contribution is 7.14. The van der Waals surface area contributed by atoms with Crippen LogP contribution < -0.4 is 10.9 Å². The fourth-order valence-corrected chi connectivity index (χ4v) is 3.39. The van der Waals surface area contributed by atoms with E-state index in [1.54, 1.807) is 0 Å². The van der Waals surface area contributed by atoms with Gasteiger partial charge in [0.05, 0.1) is 18.8 Å². The zero-order valence-electron chi connectivity index (χ0n) is 16.9. The van der Waals surface area contributed by atoms with Gasteiger partial charge in [-0.2, -0.15) is 5.10 Å². The molecule has 0 unspecified atom stereocenters. The van der Waals surface area contributed by atoms with Crippen LogP contribution in [-0.2, 0) is 16.7 Å². The van der Waals surface area contributed by atoms with E-state index in [4.69, 9.17) is 4.74 Å². The van der Waals surface area contributed by atoms with Gasteiger partial charge in [0.25, 0.3) is 11.5 Å². The zero-order valence-corrected chi connectivity index (χ0v) is 17.7. The summed E-state index contributed by atoms with van der Waals surface area (Å²) < 4.78 is 6.17. The Balaban J connectivity index is 1.73. The van der Waals surface area contributed by atoms with Crippen LogP contribution in [-0.4, -0.2) is 34.4 Å². The smallest absolute Gasteiger partial charge is 0.277 e. The molecule has 0 aliphatic carbocycles. The molecule has 0 aliphatic heterocycles. The molecule has 1 aromatic carbocycles. The molecule has 2 heterocycles. The quantitative estimate of drug-likeness (QED) is 0.669. The monoisotopic (exact) mass is 412 g/mol. The molecule has 7 nitrogen and oxygen atoms in total. The normalized spacial score (nSPS) is 11.4. The van der Waals surface area contributed by atoms with Gasteiger partial charge in [0.2, 0.25) is 0 Å². The Labute approximate surface area is 173 Å². The maximum atomic E-state index is 12.5. The van der Waals surface area contributed by atoms with Gasteiger partial charge >= 0.3 is 0 Å². The number of nitrogens with one attached hydrogen (secondary N) is 1. The maximum Gasteiger partial charge on any atom is 0.277 e. The fraction of sp³-hybridized carbons (Fsp3) is 0.333. The number of rotatable bonds is 6. The van der Waals surface area contributed by atoms with E-state index < -0.39 is 5.91 Å². The van der Waals surface area contributed by atoms with Crippen LogP contribution in [0.5, 0.6) is 0 Å². The SMILES string of the molecule is COCCn1nc(C(=O)Nc2nc(-c3ccc(C(C)(C)C)cc3)cs2)ccc1=O. The van der Waals surface area contributed by atoms with Crippen molar-refractivity contribution in [2.24, 2.45) is 0 Å². The van der Waals surface area contributed by atoms with E-state index in [-0.39, 0.29) is 23.2 Å². The van der Waals surface area contributed by atoms with Gasteiger partial charge < -0.3 is 4.74 Å². The summed E-state index contributed by atoms with van der Waals surface area (Å²) in [6.07, 6.45) is 0. The molecule has 0 aliphatic rings. The number of thiazole rings is 1. The summed E-state index contributed by atoms with van der Waals surface area (Å²) in [5.74, 6) is -0.417. The molecule has 0 radical (unpaired) electrons. The number of aromatic nitrogens is 3. The van der Waals surface area contributed by atoms with Crippen LogP contribution in [0.3, 0.4) is 0 Å². The topological polar surface area (TPSA) is 86.1 Å². The number of ether oxygens (including phenoxy) is 1. The second-order valence-corrected chi connectivity index (χ2v) is 8.45. The molecular formula is C21H24N4O3S. The van der Waals surface area contributed by atoms with Crippen LogP contribution in [0.4, 0.5) is 5.13 Å². The molecule has 152 valence electrons. The molecule has 0 spiro atoms. The Morgan fingerprint density at radius 3 is 2.55 bits per heavy atom. The van der Waals surface area contributed by atoms with E-state index in [9.17, 15) is 9.59 Å². The average Bonchev–Trinajstić information content (AvgIpc) is 3.15. The van der Waals surface area contributed by atoms with Crippen molar-refractivity contribution >= 4 is 22.4 Å². The van der Waals surface area contributed by atoms with Crippen LogP contribution in [0.15, 0.2) is 46.6 Å². The molecule has 1 amide bonds. The summed E-state index contributed by atoms with van der Waals surface area (Å²) in [7, 11) is 1.54. The van der Waals surface area contributed by atoms with Gasteiger partial charge in [0, 0.05) is 24.1 Å². The molecule has 3 rings (SSSR count). The predicted molar refractivity (Wildman–Crippen MR) is 115 cm³/mol. The second kappa shape index (κ2) is 8.67. The predicted octanol–water partition coefficient (Wildman–Crippen LogP) is 3.56. The van der Waals surface area contributed by atoms with Gasteiger partial charge in [-0.1, -0.05) is 45.0 Å². The average molecular weight is 413 g/mol. The molecule has 0 saturated heterocycles. The van der Waals surface area contributed by atoms with Crippen molar-refractivity contribution in [2.45, 2.75) is 32.7 Å². The van der Waals surface area contributed by atoms with Crippen molar-refractivity contribution in [1.29, 1.82) is 0 Å². The van der Waals surface area contributed by atoms with Gasteiger partial charge in [-0.15, -0.1) is 11.3 Å². The Morgan fingerprint density at radius 1 is 1.17 bits per heavy atom. The van der Waals surface area contributed by atoms with Crippen LogP contribution in [0, 0.1) is 0 Å². The van der Waals surface area contributed by atoms with Crippen molar-refractivity contribution in [2.75, 3.05) is 19.0 Å². The second-order valence-electron chi connectivity index (χ2n) is 7.59. The standard InChI is InChI=1S/C21H24N4O3S/c1-21(2,3)15-7-5-14(6-8-15)17-13-29-20(22-17)23-19(27)16-9-10-18(26)25(24-16)11-12-28-4/h5-10,13H,11-12H2,1-4H3,(H,22,23,27). The molecule has 0 fully saturated rings. The third-order valence-electron chi connectivity index (χ3n) is 4.38. The first kappa shape index (κ1) is 20.9. The van der Waals surface area contributed by atoms with Crippen molar-refractivity contribution in [3.8, 4) is 11.3 Å². The number of benzene rings is 1.